The first-order valence-corrected chi connectivity index (χ1v) is 3.30. The molecule has 0 saturated heterocycles. The topological polar surface area (TPSA) is 38.7 Å². The molecule has 4 heteroatoms. The third-order valence-electron chi connectivity index (χ3n) is 0.640. The molecule has 0 N–H and O–H groups in total. The molecule has 3 nitrogen and oxygen atoms in total. The van der Waals surface area contributed by atoms with Crippen molar-refractivity contribution in [3.05, 3.63) is 0 Å². The second-order valence-electron chi connectivity index (χ2n) is 1.95. The number of esters is 1. The van der Waals surface area contributed by atoms with E-state index in [0.29, 0.717) is 0 Å². The Morgan fingerprint density at radius 3 is 2.80 bits per heavy atom. The van der Waals surface area contributed by atoms with Gasteiger partial charge in [0.15, 0.2) is 0 Å². The highest BCUT2D eigenvalue weighted by Crippen LogP contribution is 1.88. The quantitative estimate of drug-likeness (QED) is 0.351. The van der Waals surface area contributed by atoms with Crippen molar-refractivity contribution in [3.8, 4) is 0 Å². The summed E-state index contributed by atoms with van der Waals surface area (Å²) in [4.78, 5) is 14.0. The van der Waals surface area contributed by atoms with E-state index >= 15 is 0 Å². The smallest absolute Gasteiger partial charge is 0.328 e. The zero-order valence-electron chi connectivity index (χ0n) is 5.96. The first kappa shape index (κ1) is 9.27. The van der Waals surface area contributed by atoms with Crippen molar-refractivity contribution in [1.82, 2.24) is 0 Å². The lowest BCUT2D eigenvalue weighted by Crippen LogP contribution is -2.13. The summed E-state index contributed by atoms with van der Waals surface area (Å²) < 4.78 is 4.73. The Labute approximate surface area is 65.1 Å². The molecule has 0 aromatic heterocycles. The molecule has 0 rings (SSSR count). The highest BCUT2D eigenvalue weighted by atomic mass is 32.1. The molecule has 0 amide bonds. The molecular formula is C6H9NO2S. The summed E-state index contributed by atoms with van der Waals surface area (Å²) in [5, 5.41) is 2.08. The Balaban J connectivity index is 3.54. The zero-order chi connectivity index (χ0) is 7.98. The first-order chi connectivity index (χ1) is 4.66. The Morgan fingerprint density at radius 2 is 2.40 bits per heavy atom. The van der Waals surface area contributed by atoms with Gasteiger partial charge in [0.2, 0.25) is 0 Å². The van der Waals surface area contributed by atoms with Gasteiger partial charge >= 0.3 is 5.97 Å². The number of ether oxygens (including phenoxy) is 1. The van der Waals surface area contributed by atoms with Crippen LogP contribution in [0.25, 0.3) is 0 Å². The molecule has 0 aromatic rings. The van der Waals surface area contributed by atoms with E-state index in [0.717, 1.165) is 0 Å². The normalized spacial score (nSPS) is 8.70. The average Bonchev–Trinajstić information content (AvgIpc) is 1.82. The molecule has 0 saturated carbocycles. The summed E-state index contributed by atoms with van der Waals surface area (Å²) in [5.74, 6) is -0.368. The minimum Gasteiger partial charge on any atom is -0.462 e. The number of rotatable bonds is 3. The molecule has 0 radical (unpaired) electrons. The van der Waals surface area contributed by atoms with Crippen LogP contribution in [0.3, 0.4) is 0 Å². The molecule has 0 fully saturated rings. The molecule has 0 aliphatic rings. The fraction of sp³-hybridized carbons (Fsp3) is 0.667. The monoisotopic (exact) mass is 159 g/mol. The van der Waals surface area contributed by atoms with Gasteiger partial charge in [-0.25, -0.2) is 4.99 Å². The summed E-state index contributed by atoms with van der Waals surface area (Å²) in [6.45, 7) is 3.53. The number of hydrogen-bond donors (Lipinski definition) is 0. The maximum atomic E-state index is 10.6. The summed E-state index contributed by atoms with van der Waals surface area (Å²) in [6.07, 6.45) is -0.0900. The Hall–Kier alpha value is -0.730. The Bertz CT molecular complexity index is 161. The molecule has 0 unspecified atom stereocenters. The zero-order valence-corrected chi connectivity index (χ0v) is 6.77. The van der Waals surface area contributed by atoms with Crippen molar-refractivity contribution in [2.24, 2.45) is 4.99 Å². The van der Waals surface area contributed by atoms with Gasteiger partial charge in [-0.2, -0.15) is 0 Å². The number of carbonyl (C=O) groups excluding carboxylic acids is 1. The third kappa shape index (κ3) is 5.41. The van der Waals surface area contributed by atoms with Crippen LogP contribution >= 0.6 is 12.2 Å². The maximum absolute atomic E-state index is 10.6. The minimum atomic E-state index is -0.368. The average molecular weight is 159 g/mol. The highest BCUT2D eigenvalue weighted by Gasteiger charge is 2.01. The lowest BCUT2D eigenvalue weighted by molar-refractivity contribution is -0.145. The van der Waals surface area contributed by atoms with Crippen LogP contribution in [0.15, 0.2) is 4.99 Å². The van der Waals surface area contributed by atoms with E-state index in [4.69, 9.17) is 4.74 Å². The number of nitrogens with zero attached hydrogens (tertiary/aromatic N) is 1. The van der Waals surface area contributed by atoms with Crippen LogP contribution in [0.5, 0.6) is 0 Å². The first-order valence-electron chi connectivity index (χ1n) is 2.90. The Morgan fingerprint density at radius 1 is 1.80 bits per heavy atom. The van der Waals surface area contributed by atoms with E-state index < -0.39 is 0 Å². The van der Waals surface area contributed by atoms with E-state index in [2.05, 4.69) is 22.4 Å². The van der Waals surface area contributed by atoms with Gasteiger partial charge in [0.1, 0.15) is 6.54 Å². The minimum absolute atomic E-state index is 0.0261. The molecule has 0 aliphatic carbocycles. The largest absolute Gasteiger partial charge is 0.462 e. The lowest BCUT2D eigenvalue weighted by Gasteiger charge is -2.04. The molecule has 0 bridgehead atoms. The molecule has 10 heavy (non-hydrogen) atoms. The SMILES string of the molecule is CC(C)OC(=O)CN=C=S. The van der Waals surface area contributed by atoms with Crippen molar-refractivity contribution in [1.29, 1.82) is 0 Å². The van der Waals surface area contributed by atoms with Gasteiger partial charge in [-0.05, 0) is 26.1 Å². The molecule has 0 heterocycles. The van der Waals surface area contributed by atoms with Crippen molar-refractivity contribution in [3.63, 3.8) is 0 Å². The van der Waals surface area contributed by atoms with Crippen LogP contribution in [0.4, 0.5) is 0 Å². The number of thiocarbonyl (C=S) groups is 1. The van der Waals surface area contributed by atoms with Gasteiger partial charge in [0.05, 0.1) is 11.3 Å². The van der Waals surface area contributed by atoms with Crippen LogP contribution in [0, 0.1) is 0 Å². The third-order valence-corrected chi connectivity index (χ3v) is 0.769. The van der Waals surface area contributed by atoms with Crippen LogP contribution in [-0.4, -0.2) is 23.8 Å². The van der Waals surface area contributed by atoms with E-state index in [9.17, 15) is 4.79 Å². The van der Waals surface area contributed by atoms with Crippen LogP contribution in [0.1, 0.15) is 13.8 Å². The van der Waals surface area contributed by atoms with Gasteiger partial charge in [0.25, 0.3) is 0 Å². The molecule has 0 aromatic carbocycles. The number of aliphatic imine (C=N–C) groups is 1. The fourth-order valence-corrected chi connectivity index (χ4v) is 0.462. The summed E-state index contributed by atoms with van der Waals surface area (Å²) >= 11 is 4.26. The molecular weight excluding hydrogens is 150 g/mol. The van der Waals surface area contributed by atoms with Crippen molar-refractivity contribution >= 4 is 23.3 Å². The van der Waals surface area contributed by atoms with E-state index in [1.807, 2.05) is 0 Å². The van der Waals surface area contributed by atoms with Crippen LogP contribution in [-0.2, 0) is 9.53 Å². The maximum Gasteiger partial charge on any atom is 0.328 e. The molecule has 0 spiro atoms. The van der Waals surface area contributed by atoms with Gasteiger partial charge in [-0.15, -0.1) is 0 Å². The lowest BCUT2D eigenvalue weighted by atomic mass is 10.5. The summed E-state index contributed by atoms with van der Waals surface area (Å²) in [6, 6.07) is 0. The second-order valence-corrected chi connectivity index (χ2v) is 2.13. The van der Waals surface area contributed by atoms with Gasteiger partial charge in [0, 0.05) is 0 Å². The number of carbonyl (C=O) groups is 1. The predicted octanol–water partition coefficient (Wildman–Crippen LogP) is 1.04. The van der Waals surface area contributed by atoms with E-state index in [1.165, 1.54) is 0 Å². The molecule has 56 valence electrons. The highest BCUT2D eigenvalue weighted by molar-refractivity contribution is 7.78. The van der Waals surface area contributed by atoms with Crippen LogP contribution in [0.2, 0.25) is 0 Å². The molecule has 0 aliphatic heterocycles. The van der Waals surface area contributed by atoms with Crippen LogP contribution < -0.4 is 0 Å². The summed E-state index contributed by atoms with van der Waals surface area (Å²) in [5.41, 5.74) is 0. The van der Waals surface area contributed by atoms with E-state index in [-0.39, 0.29) is 18.6 Å². The van der Waals surface area contributed by atoms with Crippen molar-refractivity contribution in [2.45, 2.75) is 20.0 Å². The van der Waals surface area contributed by atoms with Gasteiger partial charge in [-0.3, -0.25) is 4.79 Å². The molecule has 0 atom stereocenters. The Kier molecular flexibility index (Phi) is 4.72. The van der Waals surface area contributed by atoms with Gasteiger partial charge < -0.3 is 4.74 Å². The van der Waals surface area contributed by atoms with E-state index in [1.54, 1.807) is 13.8 Å². The second kappa shape index (κ2) is 5.09. The number of isothiocyanates is 1. The number of hydrogen-bond acceptors (Lipinski definition) is 4. The van der Waals surface area contributed by atoms with Crippen molar-refractivity contribution in [2.75, 3.05) is 6.54 Å². The predicted molar refractivity (Wildman–Crippen MR) is 41.1 cm³/mol. The standard InChI is InChI=1S/C6H9NO2S/c1-5(2)9-6(8)3-7-4-10/h5H,3H2,1-2H3. The van der Waals surface area contributed by atoms with Crippen molar-refractivity contribution < 1.29 is 9.53 Å². The fourth-order valence-electron chi connectivity index (χ4n) is 0.397. The summed E-state index contributed by atoms with van der Waals surface area (Å²) in [7, 11) is 0. The van der Waals surface area contributed by atoms with Gasteiger partial charge in [-0.1, -0.05) is 0 Å².